The predicted octanol–water partition coefficient (Wildman–Crippen LogP) is -0.483. The number of fused-ring (bicyclic) bond motifs is 3. The Kier molecular flexibility index (Phi) is 6.20. The first-order valence-corrected chi connectivity index (χ1v) is 12.0. The summed E-state index contributed by atoms with van der Waals surface area (Å²) in [7, 11) is 3.09. The number of benzene rings is 1. The molecule has 0 aromatic heterocycles. The molecular weight excluding hydrogens is 468 g/mol. The van der Waals surface area contributed by atoms with Gasteiger partial charge in [0.15, 0.2) is 34.7 Å². The number of nitrogens with zero attached hydrogens (tertiary/aromatic N) is 1. The minimum atomic E-state index is -2.74. The first-order chi connectivity index (χ1) is 16.7. The van der Waals surface area contributed by atoms with Crippen LogP contribution in [0.2, 0.25) is 0 Å². The average molecular weight is 501 g/mol. The molecule has 2 saturated carbocycles. The lowest BCUT2D eigenvalue weighted by Gasteiger charge is -2.52. The summed E-state index contributed by atoms with van der Waals surface area (Å²) >= 11 is 0. The zero-order valence-corrected chi connectivity index (χ0v) is 20.7. The first kappa shape index (κ1) is 25.8. The number of Topliss-reactive ketones (excluding diaryl/α,β-unsaturated/α-hetero) is 4. The smallest absolute Gasteiger partial charge is 0.235 e. The third kappa shape index (κ3) is 3.52. The van der Waals surface area contributed by atoms with Gasteiger partial charge in [0.2, 0.25) is 5.91 Å². The second-order valence-electron chi connectivity index (χ2n) is 10.8. The van der Waals surface area contributed by atoms with E-state index in [1.54, 1.807) is 20.2 Å². The number of phenols is 1. The molecule has 2 fully saturated rings. The molecule has 0 radical (unpaired) electrons. The van der Waals surface area contributed by atoms with Gasteiger partial charge in [0.1, 0.15) is 5.75 Å². The number of primary amides is 1. The molecule has 0 saturated heterocycles. The van der Waals surface area contributed by atoms with Gasteiger partial charge in [0.05, 0.1) is 23.2 Å². The highest BCUT2D eigenvalue weighted by Crippen LogP contribution is 2.52. The Morgan fingerprint density at radius 1 is 1.22 bits per heavy atom. The Bertz CT molecular complexity index is 1190. The molecule has 6 atom stereocenters. The first-order valence-electron chi connectivity index (χ1n) is 12.0. The van der Waals surface area contributed by atoms with Crippen molar-refractivity contribution >= 4 is 40.4 Å². The highest BCUT2D eigenvalue weighted by atomic mass is 16.3. The van der Waals surface area contributed by atoms with E-state index >= 15 is 0 Å². The lowest BCUT2D eigenvalue weighted by Crippen LogP contribution is -2.74. The number of hydrogen-bond acceptors (Lipinski definition) is 10. The number of carbonyl (C=O) groups excluding carboxylic acids is 5. The Morgan fingerprint density at radius 3 is 2.42 bits per heavy atom. The summed E-state index contributed by atoms with van der Waals surface area (Å²) < 4.78 is 0. The average Bonchev–Trinajstić information content (AvgIpc) is 2.77. The van der Waals surface area contributed by atoms with Crippen LogP contribution in [0.4, 0.5) is 11.4 Å². The summed E-state index contributed by atoms with van der Waals surface area (Å²) in [6.07, 6.45) is 0.179. The summed E-state index contributed by atoms with van der Waals surface area (Å²) in [4.78, 5) is 67.3. The van der Waals surface area contributed by atoms with Crippen LogP contribution in [0.5, 0.6) is 5.75 Å². The van der Waals surface area contributed by atoms with E-state index in [4.69, 9.17) is 11.5 Å². The summed E-state index contributed by atoms with van der Waals surface area (Å²) in [5.41, 5.74) is 9.43. The van der Waals surface area contributed by atoms with Crippen molar-refractivity contribution in [3.8, 4) is 5.75 Å². The van der Waals surface area contributed by atoms with E-state index in [0.717, 1.165) is 0 Å². The number of rotatable bonds is 5. The Hall–Kier alpha value is -3.31. The number of ketones is 4. The summed E-state index contributed by atoms with van der Waals surface area (Å²) in [6.45, 7) is 4.58. The molecule has 3 aliphatic carbocycles. The number of aliphatic hydroxyl groups is 1. The Morgan fingerprint density at radius 2 is 1.86 bits per heavy atom. The number of phenolic OH excluding ortho intramolecular Hbond substituents is 1. The van der Waals surface area contributed by atoms with Crippen LogP contribution in [-0.2, 0) is 25.6 Å². The van der Waals surface area contributed by atoms with Gasteiger partial charge < -0.3 is 27.0 Å². The van der Waals surface area contributed by atoms with Gasteiger partial charge in [-0.05, 0) is 50.4 Å². The summed E-state index contributed by atoms with van der Waals surface area (Å²) in [6, 6.07) is 0.406. The Labute approximate surface area is 208 Å². The second kappa shape index (κ2) is 8.67. The number of carbonyl (C=O) groups is 5. The zero-order valence-electron chi connectivity index (χ0n) is 20.7. The molecule has 4 rings (SSSR count). The SMILES string of the molecule is CC(C)CNc1cc(N)c(O)c2c1CC1CC3[C@H](N(C)C)C(=O)C(C(N)=O)C(=O)[C@@]3(O)C(=O)C1C2=O. The quantitative estimate of drug-likeness (QED) is 0.152. The molecule has 194 valence electrons. The van der Waals surface area contributed by atoms with Crippen molar-refractivity contribution < 1.29 is 34.2 Å². The molecule has 36 heavy (non-hydrogen) atoms. The van der Waals surface area contributed by atoms with Crippen LogP contribution in [0.1, 0.15) is 36.2 Å². The minimum absolute atomic E-state index is 0.00134. The van der Waals surface area contributed by atoms with Crippen molar-refractivity contribution in [1.82, 2.24) is 4.90 Å². The minimum Gasteiger partial charge on any atom is -0.505 e. The van der Waals surface area contributed by atoms with E-state index in [1.807, 2.05) is 13.8 Å². The molecule has 0 heterocycles. The monoisotopic (exact) mass is 500 g/mol. The van der Waals surface area contributed by atoms with Gasteiger partial charge in [-0.15, -0.1) is 0 Å². The maximum absolute atomic E-state index is 13.8. The van der Waals surface area contributed by atoms with Crippen LogP contribution in [0, 0.1) is 29.6 Å². The van der Waals surface area contributed by atoms with Gasteiger partial charge in [0.25, 0.3) is 0 Å². The molecule has 0 aliphatic heterocycles. The van der Waals surface area contributed by atoms with E-state index < -0.39 is 70.1 Å². The molecule has 11 nitrogen and oxygen atoms in total. The number of anilines is 2. The molecule has 7 N–H and O–H groups in total. The molecule has 0 bridgehead atoms. The van der Waals surface area contributed by atoms with Crippen molar-refractivity contribution in [2.24, 2.45) is 35.3 Å². The van der Waals surface area contributed by atoms with E-state index in [-0.39, 0.29) is 30.0 Å². The molecule has 4 unspecified atom stereocenters. The number of nitrogens with two attached hydrogens (primary N) is 2. The van der Waals surface area contributed by atoms with Crippen molar-refractivity contribution in [3.63, 3.8) is 0 Å². The second-order valence-corrected chi connectivity index (χ2v) is 10.8. The highest BCUT2D eigenvalue weighted by Gasteiger charge is 2.69. The molecule has 3 aliphatic rings. The third-order valence-corrected chi connectivity index (χ3v) is 7.79. The molecule has 1 aromatic rings. The topological polar surface area (TPSA) is 193 Å². The highest BCUT2D eigenvalue weighted by molar-refractivity contribution is 6.32. The number of likely N-dealkylation sites (N-methyl/N-ethyl adjacent to an activating group) is 1. The lowest BCUT2D eigenvalue weighted by molar-refractivity contribution is -0.181. The number of amides is 1. The maximum Gasteiger partial charge on any atom is 0.235 e. The van der Waals surface area contributed by atoms with Crippen LogP contribution >= 0.6 is 0 Å². The standard InChI is InChI=1S/C25H32N4O7/c1-9(2)8-28-14-7-13(26)19(30)16-11(14)5-10-6-12-18(29(3)4)21(32)17(24(27)35)23(34)25(12,36)22(33)15(10)20(16)31/h7,9-10,12,15,17-18,28,30,36H,5-6,8,26H2,1-4H3,(H2,27,35)/t10?,12?,15?,17?,18-,25-/m0/s1. The van der Waals surface area contributed by atoms with Crippen molar-refractivity contribution in [1.29, 1.82) is 0 Å². The van der Waals surface area contributed by atoms with Crippen molar-refractivity contribution in [2.75, 3.05) is 31.7 Å². The number of hydrogen-bond donors (Lipinski definition) is 5. The van der Waals surface area contributed by atoms with Crippen LogP contribution in [0.15, 0.2) is 6.07 Å². The molecular formula is C25H32N4O7. The molecule has 1 amide bonds. The lowest BCUT2D eigenvalue weighted by atomic mass is 9.52. The van der Waals surface area contributed by atoms with E-state index in [0.29, 0.717) is 17.8 Å². The Balaban J connectivity index is 1.86. The zero-order chi connectivity index (χ0) is 26.9. The van der Waals surface area contributed by atoms with Gasteiger partial charge in [0, 0.05) is 18.2 Å². The van der Waals surface area contributed by atoms with E-state index in [2.05, 4.69) is 5.32 Å². The molecule has 0 spiro atoms. The van der Waals surface area contributed by atoms with Gasteiger partial charge in [-0.3, -0.25) is 28.9 Å². The normalized spacial score (nSPS) is 31.8. The fourth-order valence-electron chi connectivity index (χ4n) is 6.16. The van der Waals surface area contributed by atoms with Gasteiger partial charge in [-0.1, -0.05) is 13.8 Å². The van der Waals surface area contributed by atoms with Crippen molar-refractivity contribution in [2.45, 2.75) is 38.3 Å². The van der Waals surface area contributed by atoms with Crippen LogP contribution in [0.3, 0.4) is 0 Å². The fraction of sp³-hybridized carbons (Fsp3) is 0.560. The number of nitrogens with one attached hydrogen (secondary N) is 1. The number of aromatic hydroxyl groups is 1. The number of nitrogen functional groups attached to an aromatic ring is 1. The molecule has 11 heteroatoms. The van der Waals surface area contributed by atoms with Crippen molar-refractivity contribution in [3.05, 3.63) is 17.2 Å². The molecule has 1 aromatic carbocycles. The summed E-state index contributed by atoms with van der Waals surface area (Å²) in [5.74, 6) is -10.6. The third-order valence-electron chi connectivity index (χ3n) is 7.79. The summed E-state index contributed by atoms with van der Waals surface area (Å²) in [5, 5.41) is 25.5. The van der Waals surface area contributed by atoms with E-state index in [9.17, 15) is 34.2 Å². The van der Waals surface area contributed by atoms with Gasteiger partial charge in [-0.25, -0.2) is 0 Å². The van der Waals surface area contributed by atoms with Crippen LogP contribution in [0.25, 0.3) is 0 Å². The predicted molar refractivity (Wildman–Crippen MR) is 129 cm³/mol. The van der Waals surface area contributed by atoms with Gasteiger partial charge in [-0.2, -0.15) is 0 Å². The van der Waals surface area contributed by atoms with Crippen LogP contribution < -0.4 is 16.8 Å². The van der Waals surface area contributed by atoms with Gasteiger partial charge >= 0.3 is 0 Å². The van der Waals surface area contributed by atoms with Crippen LogP contribution in [-0.4, -0.2) is 76.4 Å². The largest absolute Gasteiger partial charge is 0.505 e. The fourth-order valence-corrected chi connectivity index (χ4v) is 6.16. The van der Waals surface area contributed by atoms with E-state index in [1.165, 1.54) is 4.90 Å². The maximum atomic E-state index is 13.8.